The lowest BCUT2D eigenvalue weighted by molar-refractivity contribution is -0.305. The maximum atomic E-state index is 13.5. The van der Waals surface area contributed by atoms with Gasteiger partial charge in [0.1, 0.15) is 24.4 Å². The zero-order valence-corrected chi connectivity index (χ0v) is 55.9. The molecule has 0 spiro atoms. The van der Waals surface area contributed by atoms with Crippen LogP contribution in [0.4, 0.5) is 0 Å². The molecule has 0 radical (unpaired) electrons. The molecule has 8 atom stereocenters. The Kier molecular flexibility index (Phi) is 59.2. The van der Waals surface area contributed by atoms with Crippen molar-refractivity contribution in [1.82, 2.24) is 5.32 Å². The molecule has 1 aliphatic rings. The van der Waals surface area contributed by atoms with E-state index in [9.17, 15) is 35.1 Å². The molecule has 0 aromatic heterocycles. The maximum Gasteiger partial charge on any atom is 0.306 e. The topological polar surface area (TPSA) is 175 Å². The van der Waals surface area contributed by atoms with E-state index in [2.05, 4.69) is 74.7 Å². The number of ether oxygens (including phenoxy) is 3. The van der Waals surface area contributed by atoms with Crippen LogP contribution in [0, 0.1) is 0 Å². The van der Waals surface area contributed by atoms with Crippen molar-refractivity contribution in [3.63, 3.8) is 0 Å². The second-order valence-electron chi connectivity index (χ2n) is 25.3. The van der Waals surface area contributed by atoms with Crippen molar-refractivity contribution in [2.75, 3.05) is 13.2 Å². The third-order valence-corrected chi connectivity index (χ3v) is 17.1. The van der Waals surface area contributed by atoms with Crippen LogP contribution in [0.5, 0.6) is 0 Å². The standard InChI is InChI=1S/C75H137NO10/c1-4-7-10-13-16-19-22-25-27-29-31-33-35-37-39-41-43-45-48-51-54-57-60-63-70(80)86-73-72(82)71(81)69(64-77)85-75(73)84-65-66(67(78)61-58-55-52-49-46-24-21-18-15-12-9-6-3)76-74(83)68(79)62-59-56-53-50-47-44-42-40-38-36-34-32-30-28-26-23-20-17-14-11-8-5-2/h16,19,25-28,31,33,58,61,66-69,71-73,75,77-79,81-82H,4-15,17-18,20-24,29-30,32,34-57,59-60,62-65H2,1-3H3,(H,76,83)/b19-16-,27-25-,28-26+,33-31-,61-58+. The summed E-state index contributed by atoms with van der Waals surface area (Å²) in [6, 6.07) is -1.03. The molecule has 1 rings (SSSR count). The predicted molar refractivity (Wildman–Crippen MR) is 361 cm³/mol. The molecule has 1 fully saturated rings. The second-order valence-corrected chi connectivity index (χ2v) is 25.3. The van der Waals surface area contributed by atoms with Gasteiger partial charge in [0, 0.05) is 6.42 Å². The van der Waals surface area contributed by atoms with Crippen molar-refractivity contribution in [1.29, 1.82) is 0 Å². The molecular weight excluding hydrogens is 1070 g/mol. The van der Waals surface area contributed by atoms with Gasteiger partial charge in [0.25, 0.3) is 0 Å². The number of amides is 1. The minimum atomic E-state index is -1.62. The summed E-state index contributed by atoms with van der Waals surface area (Å²) in [5, 5.41) is 57.3. The average molecular weight is 1210 g/mol. The number of rotatable bonds is 63. The fourth-order valence-electron chi connectivity index (χ4n) is 11.4. The van der Waals surface area contributed by atoms with Gasteiger partial charge in [-0.05, 0) is 89.9 Å². The number of hydrogen-bond acceptors (Lipinski definition) is 10. The SMILES string of the molecule is CCCCC/C=C\C/C=C\C/C=C\CCCCCCCCCCCCC(=O)OC1C(OCC(NC(=O)C(O)CCCCCCCCCCCCCC/C=C/CCCCCCCC)C(O)/C=C/CCCCCCCCCCCC)OC(CO)C(O)C1O. The number of hydrogen-bond donors (Lipinski definition) is 6. The van der Waals surface area contributed by atoms with E-state index in [1.807, 2.05) is 6.08 Å². The molecule has 86 heavy (non-hydrogen) atoms. The van der Waals surface area contributed by atoms with Gasteiger partial charge in [0.2, 0.25) is 5.91 Å². The number of carbonyl (C=O) groups excluding carboxylic acids is 2. The van der Waals surface area contributed by atoms with E-state index >= 15 is 0 Å². The first-order valence-corrected chi connectivity index (χ1v) is 36.6. The van der Waals surface area contributed by atoms with Crippen molar-refractivity contribution >= 4 is 11.9 Å². The van der Waals surface area contributed by atoms with Crippen molar-refractivity contribution in [3.8, 4) is 0 Å². The molecule has 0 bridgehead atoms. The minimum absolute atomic E-state index is 0.119. The van der Waals surface area contributed by atoms with E-state index in [0.29, 0.717) is 19.3 Å². The quantitative estimate of drug-likeness (QED) is 0.0195. The molecule has 0 saturated carbocycles. The molecule has 6 N–H and O–H groups in total. The van der Waals surface area contributed by atoms with Crippen LogP contribution >= 0.6 is 0 Å². The van der Waals surface area contributed by atoms with Crippen molar-refractivity contribution in [2.45, 2.75) is 391 Å². The zero-order chi connectivity index (χ0) is 62.4. The molecule has 1 heterocycles. The highest BCUT2D eigenvalue weighted by atomic mass is 16.7. The molecule has 0 aliphatic carbocycles. The molecule has 8 unspecified atom stereocenters. The zero-order valence-electron chi connectivity index (χ0n) is 55.9. The first-order valence-electron chi connectivity index (χ1n) is 36.6. The van der Waals surface area contributed by atoms with E-state index in [-0.39, 0.29) is 13.0 Å². The number of allylic oxidation sites excluding steroid dienone is 9. The third-order valence-electron chi connectivity index (χ3n) is 17.1. The van der Waals surface area contributed by atoms with Crippen LogP contribution in [0.3, 0.4) is 0 Å². The van der Waals surface area contributed by atoms with Crippen LogP contribution in [0.15, 0.2) is 60.8 Å². The molecule has 502 valence electrons. The van der Waals surface area contributed by atoms with E-state index in [1.165, 1.54) is 218 Å². The minimum Gasteiger partial charge on any atom is -0.454 e. The highest BCUT2D eigenvalue weighted by Crippen LogP contribution is 2.26. The Labute approximate surface area is 528 Å². The molecule has 1 saturated heterocycles. The van der Waals surface area contributed by atoms with Gasteiger partial charge in [-0.2, -0.15) is 0 Å². The van der Waals surface area contributed by atoms with Crippen molar-refractivity contribution in [3.05, 3.63) is 60.8 Å². The molecule has 1 amide bonds. The van der Waals surface area contributed by atoms with Crippen molar-refractivity contribution < 1.29 is 49.3 Å². The highest BCUT2D eigenvalue weighted by Gasteiger charge is 2.47. The van der Waals surface area contributed by atoms with Crippen LogP contribution < -0.4 is 5.32 Å². The van der Waals surface area contributed by atoms with Gasteiger partial charge in [-0.15, -0.1) is 0 Å². The second kappa shape index (κ2) is 62.5. The summed E-state index contributed by atoms with van der Waals surface area (Å²) < 4.78 is 17.7. The van der Waals surface area contributed by atoms with Crippen LogP contribution in [0.25, 0.3) is 0 Å². The summed E-state index contributed by atoms with van der Waals surface area (Å²) in [4.78, 5) is 26.7. The summed E-state index contributed by atoms with van der Waals surface area (Å²) in [5.41, 5.74) is 0. The summed E-state index contributed by atoms with van der Waals surface area (Å²) in [6.45, 7) is 5.80. The first kappa shape index (κ1) is 81.4. The van der Waals surface area contributed by atoms with Gasteiger partial charge < -0.3 is 45.1 Å². The molecule has 11 nitrogen and oxygen atoms in total. The van der Waals surface area contributed by atoms with Gasteiger partial charge in [-0.1, -0.05) is 306 Å². The summed E-state index contributed by atoms with van der Waals surface area (Å²) in [6.07, 6.45) is 69.7. The number of nitrogens with one attached hydrogen (secondary N) is 1. The van der Waals surface area contributed by atoms with E-state index < -0.39 is 67.4 Å². The Morgan fingerprint density at radius 1 is 0.453 bits per heavy atom. The molecule has 11 heteroatoms. The van der Waals surface area contributed by atoms with Gasteiger partial charge >= 0.3 is 5.97 Å². The Balaban J connectivity index is 2.56. The Bertz CT molecular complexity index is 1630. The molecule has 1 aliphatic heterocycles. The van der Waals surface area contributed by atoms with Crippen LogP contribution in [0.1, 0.15) is 342 Å². The van der Waals surface area contributed by atoms with Gasteiger partial charge in [0.05, 0.1) is 25.4 Å². The van der Waals surface area contributed by atoms with Crippen LogP contribution in [-0.2, 0) is 23.8 Å². The monoisotopic (exact) mass is 1210 g/mol. The first-order chi connectivity index (χ1) is 42.2. The number of esters is 1. The Morgan fingerprint density at radius 3 is 1.23 bits per heavy atom. The van der Waals surface area contributed by atoms with Gasteiger partial charge in [-0.25, -0.2) is 0 Å². The van der Waals surface area contributed by atoms with Crippen molar-refractivity contribution in [2.24, 2.45) is 0 Å². The van der Waals surface area contributed by atoms with E-state index in [4.69, 9.17) is 14.2 Å². The van der Waals surface area contributed by atoms with E-state index in [0.717, 1.165) is 77.0 Å². The number of aliphatic hydroxyl groups is 5. The van der Waals surface area contributed by atoms with Crippen LogP contribution in [0.2, 0.25) is 0 Å². The number of carbonyl (C=O) groups is 2. The maximum absolute atomic E-state index is 13.5. The Hall–Kier alpha value is -2.64. The summed E-state index contributed by atoms with van der Waals surface area (Å²) in [5.74, 6) is -1.19. The molecule has 0 aromatic rings. The largest absolute Gasteiger partial charge is 0.454 e. The average Bonchev–Trinajstić information content (AvgIpc) is 3.39. The van der Waals surface area contributed by atoms with E-state index in [1.54, 1.807) is 6.08 Å². The summed E-state index contributed by atoms with van der Waals surface area (Å²) >= 11 is 0. The number of unbranched alkanes of at least 4 members (excludes halogenated alkanes) is 41. The fourth-order valence-corrected chi connectivity index (χ4v) is 11.4. The Morgan fingerprint density at radius 2 is 0.802 bits per heavy atom. The summed E-state index contributed by atoms with van der Waals surface area (Å²) in [7, 11) is 0. The number of aliphatic hydroxyl groups excluding tert-OH is 5. The predicted octanol–water partition coefficient (Wildman–Crippen LogP) is 18.9. The normalized spacial score (nSPS) is 18.6. The van der Waals surface area contributed by atoms with Crippen LogP contribution in [-0.4, -0.2) is 99.6 Å². The lowest BCUT2D eigenvalue weighted by Gasteiger charge is -2.41. The lowest BCUT2D eigenvalue weighted by atomic mass is 9.99. The third kappa shape index (κ3) is 49.2. The highest BCUT2D eigenvalue weighted by molar-refractivity contribution is 5.80. The fraction of sp³-hybridized carbons (Fsp3) is 0.840. The lowest BCUT2D eigenvalue weighted by Crippen LogP contribution is -2.61. The smallest absolute Gasteiger partial charge is 0.306 e. The van der Waals surface area contributed by atoms with Gasteiger partial charge in [-0.3, -0.25) is 9.59 Å². The molecule has 0 aromatic carbocycles. The van der Waals surface area contributed by atoms with Gasteiger partial charge in [0.15, 0.2) is 12.4 Å². The molecular formula is C75H137NO10.